The van der Waals surface area contributed by atoms with Gasteiger partial charge in [0.25, 0.3) is 0 Å². The second kappa shape index (κ2) is 6.05. The number of hydrogen-bond acceptors (Lipinski definition) is 7. The zero-order valence-corrected chi connectivity index (χ0v) is 12.9. The zero-order chi connectivity index (χ0) is 15.9. The number of ether oxygens (including phenoxy) is 4. The molecule has 2 heterocycles. The predicted octanol–water partition coefficient (Wildman–Crippen LogP) is 0.318. The Morgan fingerprint density at radius 2 is 2.00 bits per heavy atom. The second-order valence-corrected chi connectivity index (χ2v) is 6.70. The van der Waals surface area contributed by atoms with Crippen LogP contribution in [0.1, 0.15) is 39.5 Å². The molecular formula is C15H24O7. The Hall–Kier alpha value is -0.730. The van der Waals surface area contributed by atoms with Crippen molar-refractivity contribution < 1.29 is 34.0 Å². The van der Waals surface area contributed by atoms with Crippen molar-refractivity contribution in [3.63, 3.8) is 0 Å². The van der Waals surface area contributed by atoms with Crippen LogP contribution in [0.3, 0.4) is 0 Å². The van der Waals surface area contributed by atoms with Crippen LogP contribution in [0.2, 0.25) is 0 Å². The van der Waals surface area contributed by atoms with E-state index < -0.39 is 43.1 Å². The first-order chi connectivity index (χ1) is 10.4. The fourth-order valence-electron chi connectivity index (χ4n) is 3.44. The van der Waals surface area contributed by atoms with Crippen LogP contribution in [0.4, 0.5) is 0 Å². The van der Waals surface area contributed by atoms with Crippen LogP contribution in [0, 0.1) is 5.92 Å². The predicted molar refractivity (Wildman–Crippen MR) is 73.6 cm³/mol. The quantitative estimate of drug-likeness (QED) is 0.721. The third-order valence-corrected chi connectivity index (χ3v) is 4.53. The van der Waals surface area contributed by atoms with Crippen molar-refractivity contribution >= 4 is 5.97 Å². The van der Waals surface area contributed by atoms with Gasteiger partial charge >= 0.3 is 5.97 Å². The third-order valence-electron chi connectivity index (χ3n) is 4.53. The largest absolute Gasteiger partial charge is 0.456 e. The van der Waals surface area contributed by atoms with Gasteiger partial charge in [-0.2, -0.15) is 0 Å². The third kappa shape index (κ3) is 3.00. The summed E-state index contributed by atoms with van der Waals surface area (Å²) in [5.74, 6) is -1.21. The number of esters is 1. The van der Waals surface area contributed by atoms with Crippen molar-refractivity contribution in [1.82, 2.24) is 0 Å². The summed E-state index contributed by atoms with van der Waals surface area (Å²) in [5, 5.41) is 19.1. The van der Waals surface area contributed by atoms with Gasteiger partial charge in [-0.3, -0.25) is 4.79 Å². The molecule has 2 N–H and O–H groups in total. The summed E-state index contributed by atoms with van der Waals surface area (Å²) in [6.07, 6.45) is -0.350. The van der Waals surface area contributed by atoms with Crippen molar-refractivity contribution in [2.45, 2.75) is 76.0 Å². The Kier molecular flexibility index (Phi) is 4.44. The van der Waals surface area contributed by atoms with E-state index in [-0.39, 0.29) is 11.9 Å². The van der Waals surface area contributed by atoms with Crippen molar-refractivity contribution in [3.8, 4) is 0 Å². The topological polar surface area (TPSA) is 94.5 Å². The van der Waals surface area contributed by atoms with E-state index in [2.05, 4.69) is 0 Å². The molecule has 2 aliphatic heterocycles. The molecule has 1 saturated carbocycles. The molecule has 1 aliphatic carbocycles. The molecule has 3 fully saturated rings. The maximum Gasteiger partial charge on any atom is 0.309 e. The molecule has 0 unspecified atom stereocenters. The zero-order valence-electron chi connectivity index (χ0n) is 12.9. The fourth-order valence-corrected chi connectivity index (χ4v) is 3.44. The summed E-state index contributed by atoms with van der Waals surface area (Å²) in [6, 6.07) is 0. The number of hydrogen-bond donors (Lipinski definition) is 2. The van der Waals surface area contributed by atoms with Gasteiger partial charge in [-0.05, 0) is 26.7 Å². The standard InChI is InChI=1S/C15H24O7/c1-15(2)21-12-11(19-13(18)8-5-3-4-6-8)10(9(17)7-16)20-14(12)22-15/h8-12,14,16-17H,3-7H2,1-2H3/t9-,10-,11+,12-,14-/m1/s1. The number of aliphatic hydroxyl groups is 2. The summed E-state index contributed by atoms with van der Waals surface area (Å²) >= 11 is 0. The highest BCUT2D eigenvalue weighted by Gasteiger charge is 2.58. The lowest BCUT2D eigenvalue weighted by Gasteiger charge is -2.28. The lowest BCUT2D eigenvalue weighted by molar-refractivity contribution is -0.231. The summed E-state index contributed by atoms with van der Waals surface area (Å²) < 4.78 is 22.6. The molecule has 0 amide bonds. The van der Waals surface area contributed by atoms with Gasteiger partial charge in [-0.1, -0.05) is 12.8 Å². The van der Waals surface area contributed by atoms with Gasteiger partial charge in [-0.25, -0.2) is 0 Å². The molecular weight excluding hydrogens is 292 g/mol. The molecule has 126 valence electrons. The van der Waals surface area contributed by atoms with Crippen LogP contribution in [0.25, 0.3) is 0 Å². The summed E-state index contributed by atoms with van der Waals surface area (Å²) in [4.78, 5) is 12.3. The highest BCUT2D eigenvalue weighted by Crippen LogP contribution is 2.40. The van der Waals surface area contributed by atoms with Gasteiger partial charge in [0.1, 0.15) is 12.2 Å². The van der Waals surface area contributed by atoms with Gasteiger partial charge in [0, 0.05) is 0 Å². The molecule has 0 aromatic carbocycles. The van der Waals surface area contributed by atoms with Crippen LogP contribution in [-0.2, 0) is 23.7 Å². The van der Waals surface area contributed by atoms with Crippen molar-refractivity contribution in [3.05, 3.63) is 0 Å². The normalized spacial score (nSPS) is 38.9. The Morgan fingerprint density at radius 3 is 2.64 bits per heavy atom. The molecule has 0 bridgehead atoms. The minimum absolute atomic E-state index is 0.0960. The first-order valence-electron chi connectivity index (χ1n) is 7.92. The lowest BCUT2D eigenvalue weighted by Crippen LogP contribution is -2.45. The van der Waals surface area contributed by atoms with E-state index in [1.54, 1.807) is 13.8 Å². The summed E-state index contributed by atoms with van der Waals surface area (Å²) in [5.41, 5.74) is 0. The van der Waals surface area contributed by atoms with E-state index >= 15 is 0 Å². The molecule has 2 saturated heterocycles. The molecule has 3 rings (SSSR count). The Balaban J connectivity index is 1.72. The maximum absolute atomic E-state index is 12.3. The van der Waals surface area contributed by atoms with Crippen molar-refractivity contribution in [1.29, 1.82) is 0 Å². The fraction of sp³-hybridized carbons (Fsp3) is 0.933. The Bertz CT molecular complexity index is 418. The van der Waals surface area contributed by atoms with Gasteiger partial charge < -0.3 is 29.2 Å². The second-order valence-electron chi connectivity index (χ2n) is 6.70. The molecule has 22 heavy (non-hydrogen) atoms. The van der Waals surface area contributed by atoms with E-state index in [1.165, 1.54) is 0 Å². The molecule has 0 spiro atoms. The Labute approximate surface area is 129 Å². The highest BCUT2D eigenvalue weighted by atomic mass is 16.8. The van der Waals surface area contributed by atoms with Crippen LogP contribution in [0.15, 0.2) is 0 Å². The average Bonchev–Trinajstić information content (AvgIpc) is 3.14. The van der Waals surface area contributed by atoms with E-state index in [1.807, 2.05) is 0 Å². The number of fused-ring (bicyclic) bond motifs is 1. The Morgan fingerprint density at radius 1 is 1.32 bits per heavy atom. The number of rotatable bonds is 4. The molecule has 0 aromatic rings. The van der Waals surface area contributed by atoms with Crippen LogP contribution >= 0.6 is 0 Å². The summed E-state index contributed by atoms with van der Waals surface area (Å²) in [6.45, 7) is 3.02. The molecule has 0 radical (unpaired) electrons. The number of carbonyl (C=O) groups is 1. The SMILES string of the molecule is CC1(C)O[C@H]2O[C@H]([C@H](O)CO)[C@H](OC(=O)C3CCCC3)[C@H]2O1. The van der Waals surface area contributed by atoms with Crippen LogP contribution in [0.5, 0.6) is 0 Å². The first-order valence-corrected chi connectivity index (χ1v) is 7.92. The number of aliphatic hydroxyl groups excluding tert-OH is 2. The van der Waals surface area contributed by atoms with Crippen molar-refractivity contribution in [2.75, 3.05) is 6.61 Å². The average molecular weight is 316 g/mol. The van der Waals surface area contributed by atoms with E-state index in [0.29, 0.717) is 0 Å². The van der Waals surface area contributed by atoms with Gasteiger partial charge in [0.2, 0.25) is 0 Å². The van der Waals surface area contributed by atoms with Crippen LogP contribution in [-0.4, -0.2) is 59.3 Å². The number of carbonyl (C=O) groups excluding carboxylic acids is 1. The van der Waals surface area contributed by atoms with Gasteiger partial charge in [-0.15, -0.1) is 0 Å². The lowest BCUT2D eigenvalue weighted by atomic mass is 10.0. The van der Waals surface area contributed by atoms with Gasteiger partial charge in [0.15, 0.2) is 24.3 Å². The van der Waals surface area contributed by atoms with E-state index in [0.717, 1.165) is 25.7 Å². The maximum atomic E-state index is 12.3. The minimum Gasteiger partial charge on any atom is -0.456 e. The molecule has 3 aliphatic rings. The molecule has 7 heteroatoms. The van der Waals surface area contributed by atoms with E-state index in [4.69, 9.17) is 18.9 Å². The summed E-state index contributed by atoms with van der Waals surface area (Å²) in [7, 11) is 0. The monoisotopic (exact) mass is 316 g/mol. The smallest absolute Gasteiger partial charge is 0.309 e. The molecule has 5 atom stereocenters. The van der Waals surface area contributed by atoms with Gasteiger partial charge in [0.05, 0.1) is 12.5 Å². The molecule has 7 nitrogen and oxygen atoms in total. The van der Waals surface area contributed by atoms with E-state index in [9.17, 15) is 15.0 Å². The van der Waals surface area contributed by atoms with Crippen molar-refractivity contribution in [2.24, 2.45) is 5.92 Å². The van der Waals surface area contributed by atoms with Crippen LogP contribution < -0.4 is 0 Å². The first kappa shape index (κ1) is 16.1. The minimum atomic E-state index is -1.15. The highest BCUT2D eigenvalue weighted by molar-refractivity contribution is 5.73. The molecule has 0 aromatic heterocycles.